The van der Waals surface area contributed by atoms with E-state index in [1.165, 1.54) is 0 Å². The molecular weight excluding hydrogens is 312 g/mol. The number of rotatable bonds is 7. The van der Waals surface area contributed by atoms with E-state index in [1.807, 2.05) is 42.5 Å². The first-order chi connectivity index (χ1) is 11.1. The molecule has 0 radical (unpaired) electrons. The molecule has 5 heteroatoms. The summed E-state index contributed by atoms with van der Waals surface area (Å²) in [6.45, 7) is 1.12. The van der Waals surface area contributed by atoms with Gasteiger partial charge in [-0.2, -0.15) is 0 Å². The molecule has 2 aromatic rings. The maximum absolute atomic E-state index is 12.3. The maximum Gasteiger partial charge on any atom is 0.243 e. The minimum atomic E-state index is -0.626. The van der Waals surface area contributed by atoms with E-state index in [0.29, 0.717) is 18.2 Å². The van der Waals surface area contributed by atoms with Gasteiger partial charge < -0.3 is 15.4 Å². The van der Waals surface area contributed by atoms with Crippen molar-refractivity contribution in [3.05, 3.63) is 65.2 Å². The fraction of sp³-hybridized carbons (Fsp3) is 0.278. The van der Waals surface area contributed by atoms with Crippen molar-refractivity contribution in [3.63, 3.8) is 0 Å². The number of carbonyl (C=O) groups excluding carboxylic acids is 1. The molecule has 1 unspecified atom stereocenters. The molecule has 0 saturated carbocycles. The highest BCUT2D eigenvalue weighted by Gasteiger charge is 2.19. The highest BCUT2D eigenvalue weighted by atomic mass is 35.5. The van der Waals surface area contributed by atoms with Crippen LogP contribution in [0.15, 0.2) is 54.6 Å². The molecule has 0 bridgehead atoms. The standard InChI is InChI=1S/C18H21ClN2O2/c1-21(18(22)17(20)14-6-3-2-4-7-14)12-5-13-23-16-10-8-15(19)9-11-16/h2-4,6-11,17H,5,12-13,20H2,1H3. The molecular formula is C18H21ClN2O2. The molecule has 0 heterocycles. The Labute approximate surface area is 141 Å². The summed E-state index contributed by atoms with van der Waals surface area (Å²) in [6.07, 6.45) is 0.729. The van der Waals surface area contributed by atoms with Crippen LogP contribution in [0.25, 0.3) is 0 Å². The summed E-state index contributed by atoms with van der Waals surface area (Å²) >= 11 is 5.82. The number of carbonyl (C=O) groups is 1. The van der Waals surface area contributed by atoms with Crippen molar-refractivity contribution in [2.24, 2.45) is 5.73 Å². The molecule has 2 rings (SSSR count). The molecule has 0 aromatic heterocycles. The maximum atomic E-state index is 12.3. The molecule has 0 aliphatic rings. The lowest BCUT2D eigenvalue weighted by atomic mass is 10.1. The largest absolute Gasteiger partial charge is 0.494 e. The second kappa shape index (κ2) is 8.56. The Morgan fingerprint density at radius 1 is 1.17 bits per heavy atom. The third-order valence-electron chi connectivity index (χ3n) is 3.52. The summed E-state index contributed by atoms with van der Waals surface area (Å²) in [5, 5.41) is 0.678. The van der Waals surface area contributed by atoms with Crippen LogP contribution in [0, 0.1) is 0 Å². The number of likely N-dealkylation sites (N-methyl/N-ethyl adjacent to an activating group) is 1. The predicted octanol–water partition coefficient (Wildman–Crippen LogP) is 3.27. The minimum absolute atomic E-state index is 0.0947. The van der Waals surface area contributed by atoms with Crippen molar-refractivity contribution in [1.82, 2.24) is 4.90 Å². The summed E-state index contributed by atoms with van der Waals surface area (Å²) in [5.74, 6) is 0.673. The average molecular weight is 333 g/mol. The topological polar surface area (TPSA) is 55.6 Å². The summed E-state index contributed by atoms with van der Waals surface area (Å²) < 4.78 is 5.61. The van der Waals surface area contributed by atoms with E-state index in [2.05, 4.69) is 0 Å². The second-order valence-electron chi connectivity index (χ2n) is 5.30. The Hall–Kier alpha value is -2.04. The van der Waals surface area contributed by atoms with Crippen molar-refractivity contribution < 1.29 is 9.53 Å². The molecule has 0 fully saturated rings. The summed E-state index contributed by atoms with van der Waals surface area (Å²) in [6, 6.07) is 16.0. The van der Waals surface area contributed by atoms with Crippen LogP contribution in [0.4, 0.5) is 0 Å². The van der Waals surface area contributed by atoms with Crippen LogP contribution < -0.4 is 10.5 Å². The molecule has 0 aliphatic heterocycles. The highest BCUT2D eigenvalue weighted by Crippen LogP contribution is 2.16. The Morgan fingerprint density at radius 2 is 1.83 bits per heavy atom. The smallest absolute Gasteiger partial charge is 0.243 e. The average Bonchev–Trinajstić information content (AvgIpc) is 2.59. The number of ether oxygens (including phenoxy) is 1. The highest BCUT2D eigenvalue weighted by molar-refractivity contribution is 6.30. The van der Waals surface area contributed by atoms with E-state index in [0.717, 1.165) is 17.7 Å². The molecule has 0 saturated heterocycles. The van der Waals surface area contributed by atoms with Crippen LogP contribution in [0.5, 0.6) is 5.75 Å². The van der Waals surface area contributed by atoms with Gasteiger partial charge in [0, 0.05) is 18.6 Å². The lowest BCUT2D eigenvalue weighted by Gasteiger charge is -2.21. The van der Waals surface area contributed by atoms with Crippen molar-refractivity contribution in [1.29, 1.82) is 0 Å². The number of hydrogen-bond acceptors (Lipinski definition) is 3. The van der Waals surface area contributed by atoms with Crippen LogP contribution in [0.1, 0.15) is 18.0 Å². The summed E-state index contributed by atoms with van der Waals surface area (Å²) in [4.78, 5) is 13.9. The number of nitrogens with two attached hydrogens (primary N) is 1. The molecule has 0 aliphatic carbocycles. The first kappa shape index (κ1) is 17.3. The van der Waals surface area contributed by atoms with E-state index in [9.17, 15) is 4.79 Å². The first-order valence-electron chi connectivity index (χ1n) is 7.52. The van der Waals surface area contributed by atoms with E-state index in [1.54, 1.807) is 24.1 Å². The van der Waals surface area contributed by atoms with Crippen molar-refractivity contribution >= 4 is 17.5 Å². The van der Waals surface area contributed by atoms with Gasteiger partial charge >= 0.3 is 0 Å². The zero-order valence-corrected chi connectivity index (χ0v) is 13.9. The van der Waals surface area contributed by atoms with E-state index in [4.69, 9.17) is 22.1 Å². The van der Waals surface area contributed by atoms with Crippen LogP contribution in [0.3, 0.4) is 0 Å². The van der Waals surface area contributed by atoms with Gasteiger partial charge in [0.25, 0.3) is 0 Å². The van der Waals surface area contributed by atoms with Gasteiger partial charge in [-0.15, -0.1) is 0 Å². The fourth-order valence-electron chi connectivity index (χ4n) is 2.17. The minimum Gasteiger partial charge on any atom is -0.494 e. The third-order valence-corrected chi connectivity index (χ3v) is 3.77. The van der Waals surface area contributed by atoms with Crippen LogP contribution >= 0.6 is 11.6 Å². The van der Waals surface area contributed by atoms with Crippen LogP contribution in [0.2, 0.25) is 5.02 Å². The van der Waals surface area contributed by atoms with Gasteiger partial charge in [-0.25, -0.2) is 0 Å². The first-order valence-corrected chi connectivity index (χ1v) is 7.89. The quantitative estimate of drug-likeness (QED) is 0.792. The van der Waals surface area contributed by atoms with E-state index >= 15 is 0 Å². The molecule has 1 amide bonds. The van der Waals surface area contributed by atoms with Gasteiger partial charge in [-0.05, 0) is 36.2 Å². The van der Waals surface area contributed by atoms with Gasteiger partial charge in [0.15, 0.2) is 0 Å². The van der Waals surface area contributed by atoms with Gasteiger partial charge in [0.05, 0.1) is 6.61 Å². The van der Waals surface area contributed by atoms with Crippen molar-refractivity contribution in [2.45, 2.75) is 12.5 Å². The van der Waals surface area contributed by atoms with E-state index < -0.39 is 6.04 Å². The summed E-state index contributed by atoms with van der Waals surface area (Å²) in [7, 11) is 1.76. The van der Waals surface area contributed by atoms with Gasteiger partial charge in [0.2, 0.25) is 5.91 Å². The van der Waals surface area contributed by atoms with Gasteiger partial charge in [0.1, 0.15) is 11.8 Å². The molecule has 23 heavy (non-hydrogen) atoms. The van der Waals surface area contributed by atoms with Crippen molar-refractivity contribution in [3.8, 4) is 5.75 Å². The molecule has 1 atom stereocenters. The number of amides is 1. The van der Waals surface area contributed by atoms with Gasteiger partial charge in [-0.1, -0.05) is 41.9 Å². The number of benzene rings is 2. The summed E-state index contributed by atoms with van der Waals surface area (Å²) in [5.41, 5.74) is 6.84. The van der Waals surface area contributed by atoms with Crippen molar-refractivity contribution in [2.75, 3.05) is 20.2 Å². The Morgan fingerprint density at radius 3 is 2.48 bits per heavy atom. The molecule has 2 N–H and O–H groups in total. The number of halogens is 1. The Balaban J connectivity index is 1.74. The molecule has 122 valence electrons. The normalized spacial score (nSPS) is 11.8. The van der Waals surface area contributed by atoms with Crippen LogP contribution in [-0.4, -0.2) is 31.0 Å². The monoisotopic (exact) mass is 332 g/mol. The van der Waals surface area contributed by atoms with Crippen LogP contribution in [-0.2, 0) is 4.79 Å². The second-order valence-corrected chi connectivity index (χ2v) is 5.74. The molecule has 2 aromatic carbocycles. The predicted molar refractivity (Wildman–Crippen MR) is 92.6 cm³/mol. The zero-order chi connectivity index (χ0) is 16.7. The molecule has 4 nitrogen and oxygen atoms in total. The number of hydrogen-bond donors (Lipinski definition) is 1. The van der Waals surface area contributed by atoms with Gasteiger partial charge in [-0.3, -0.25) is 4.79 Å². The SMILES string of the molecule is CN(CCCOc1ccc(Cl)cc1)C(=O)C(N)c1ccccc1. The van der Waals surface area contributed by atoms with E-state index in [-0.39, 0.29) is 5.91 Å². The Bertz CT molecular complexity index is 617. The number of nitrogens with zero attached hydrogens (tertiary/aromatic N) is 1. The zero-order valence-electron chi connectivity index (χ0n) is 13.1. The lowest BCUT2D eigenvalue weighted by Crippen LogP contribution is -2.36. The Kier molecular flexibility index (Phi) is 6.44. The third kappa shape index (κ3) is 5.27. The fourth-order valence-corrected chi connectivity index (χ4v) is 2.30. The molecule has 0 spiro atoms. The lowest BCUT2D eigenvalue weighted by molar-refractivity contribution is -0.131.